The molecule has 320 valence electrons. The number of urea groups is 1. The number of nitrogens with zero attached hydrogens (tertiary/aromatic N) is 6. The second kappa shape index (κ2) is 17.3. The third kappa shape index (κ3) is 9.01. The van der Waals surface area contributed by atoms with Crippen molar-refractivity contribution in [2.24, 2.45) is 5.92 Å². The number of carbonyl (C=O) groups excluding carboxylic acids is 4. The SMILES string of the molecule is Cc1ccc(NC(=O)N2CC[C@@H](CC(F)(F)F)C2)cc1-c1cnc(OCCN2CCN(c3ccc4c(c3)C(C)N(C3CCC(=O)NC3=O)C4=O)CC2)c(N2CCOCC2)c1. The van der Waals surface area contributed by atoms with Gasteiger partial charge in [-0.25, -0.2) is 9.78 Å². The van der Waals surface area contributed by atoms with Crippen molar-refractivity contribution in [1.29, 1.82) is 0 Å². The summed E-state index contributed by atoms with van der Waals surface area (Å²) in [5.74, 6) is -0.974. The van der Waals surface area contributed by atoms with Crippen molar-refractivity contribution in [1.82, 2.24) is 25.0 Å². The van der Waals surface area contributed by atoms with E-state index in [1.54, 1.807) is 17.2 Å². The van der Waals surface area contributed by atoms with Crippen LogP contribution in [0.15, 0.2) is 48.7 Å². The smallest absolute Gasteiger partial charge is 0.389 e. The molecular weight excluding hydrogens is 782 g/mol. The van der Waals surface area contributed by atoms with E-state index in [0.717, 1.165) is 59.8 Å². The number of anilines is 3. The average molecular weight is 833 g/mol. The van der Waals surface area contributed by atoms with Crippen LogP contribution in [0.3, 0.4) is 0 Å². The van der Waals surface area contributed by atoms with Gasteiger partial charge in [-0.2, -0.15) is 13.2 Å². The number of amides is 5. The van der Waals surface area contributed by atoms with Gasteiger partial charge >= 0.3 is 12.2 Å². The summed E-state index contributed by atoms with van der Waals surface area (Å²) < 4.78 is 50.8. The zero-order chi connectivity index (χ0) is 42.1. The number of aryl methyl sites for hydroxylation is 1. The fourth-order valence-corrected chi connectivity index (χ4v) is 9.07. The zero-order valence-electron chi connectivity index (χ0n) is 33.9. The summed E-state index contributed by atoms with van der Waals surface area (Å²) in [6.07, 6.45) is -2.51. The van der Waals surface area contributed by atoms with Crippen LogP contribution in [0.5, 0.6) is 5.88 Å². The number of fused-ring (bicyclic) bond motifs is 1. The molecule has 4 saturated heterocycles. The lowest BCUT2D eigenvalue weighted by Gasteiger charge is -2.36. The summed E-state index contributed by atoms with van der Waals surface area (Å²) in [5.41, 5.74) is 6.60. The number of hydrogen-bond donors (Lipinski definition) is 2. The van der Waals surface area contributed by atoms with E-state index in [1.165, 1.54) is 4.90 Å². The Bertz CT molecular complexity index is 2120. The second-order valence-electron chi connectivity index (χ2n) is 16.3. The monoisotopic (exact) mass is 832 g/mol. The van der Waals surface area contributed by atoms with Gasteiger partial charge in [0.2, 0.25) is 17.7 Å². The van der Waals surface area contributed by atoms with Gasteiger partial charge in [0.1, 0.15) is 18.3 Å². The lowest BCUT2D eigenvalue weighted by Crippen LogP contribution is -2.53. The first kappa shape index (κ1) is 41.3. The molecule has 0 radical (unpaired) electrons. The normalized spacial score (nSPS) is 22.6. The standard InChI is InChI=1S/C43H51F3N8O6/c1-27-3-4-31(48-42(58)53-10-9-29(26-53)24-43(44,45)46)22-34(27)30-21-37(52-16-18-59-19-17-52)40(47-25-30)60-20-15-50-11-13-51(14-12-50)32-5-6-33-35(23-32)28(2)54(41(33)57)36-7-8-38(55)49-39(36)56/h3-6,21-23,25,28-29,36H,7-20,24,26H2,1-2H3,(H,48,58)(H,49,55,56)/t28?,29-,36?/m0/s1. The average Bonchev–Trinajstić information content (AvgIpc) is 3.79. The number of alkyl halides is 3. The van der Waals surface area contributed by atoms with Crippen molar-refractivity contribution in [3.05, 3.63) is 65.4 Å². The van der Waals surface area contributed by atoms with E-state index in [0.29, 0.717) is 69.4 Å². The fourth-order valence-electron chi connectivity index (χ4n) is 9.07. The van der Waals surface area contributed by atoms with Gasteiger partial charge in [-0.1, -0.05) is 6.07 Å². The molecule has 5 aliphatic rings. The number of likely N-dealkylation sites (tertiary alicyclic amines) is 1. The second-order valence-corrected chi connectivity index (χ2v) is 16.3. The largest absolute Gasteiger partial charge is 0.475 e. The van der Waals surface area contributed by atoms with Gasteiger partial charge in [-0.05, 0) is 85.7 Å². The Labute approximate surface area is 346 Å². The molecule has 60 heavy (non-hydrogen) atoms. The van der Waals surface area contributed by atoms with Crippen molar-refractivity contribution in [3.8, 4) is 17.0 Å². The number of halogens is 3. The summed E-state index contributed by atoms with van der Waals surface area (Å²) in [6, 6.07) is 12.2. The number of benzene rings is 2. The number of hydrogen-bond acceptors (Lipinski definition) is 10. The minimum Gasteiger partial charge on any atom is -0.475 e. The molecule has 8 rings (SSSR count). The van der Waals surface area contributed by atoms with E-state index in [9.17, 15) is 32.3 Å². The Morgan fingerprint density at radius 2 is 1.73 bits per heavy atom. The van der Waals surface area contributed by atoms with E-state index < -0.39 is 36.5 Å². The van der Waals surface area contributed by atoms with E-state index in [-0.39, 0.29) is 37.4 Å². The highest BCUT2D eigenvalue weighted by molar-refractivity contribution is 6.06. The van der Waals surface area contributed by atoms with Gasteiger partial charge in [-0.3, -0.25) is 24.6 Å². The molecule has 0 aliphatic carbocycles. The molecule has 4 fully saturated rings. The van der Waals surface area contributed by atoms with Gasteiger partial charge < -0.3 is 34.4 Å². The lowest BCUT2D eigenvalue weighted by molar-refractivity contribution is -0.143. The van der Waals surface area contributed by atoms with Gasteiger partial charge in [0, 0.05) is 100 Å². The topological polar surface area (TPSA) is 140 Å². The third-order valence-electron chi connectivity index (χ3n) is 12.4. The van der Waals surface area contributed by atoms with Crippen molar-refractivity contribution in [2.75, 3.05) is 93.8 Å². The number of aromatic nitrogens is 1. The van der Waals surface area contributed by atoms with Crippen LogP contribution in [0.25, 0.3) is 11.1 Å². The van der Waals surface area contributed by atoms with E-state index in [4.69, 9.17) is 14.5 Å². The number of ether oxygens (including phenoxy) is 2. The summed E-state index contributed by atoms with van der Waals surface area (Å²) in [5, 5.41) is 5.26. The molecule has 0 spiro atoms. The first-order chi connectivity index (χ1) is 28.8. The van der Waals surface area contributed by atoms with Gasteiger partial charge in [0.15, 0.2) is 0 Å². The maximum atomic E-state index is 13.4. The molecule has 0 bridgehead atoms. The number of nitrogens with one attached hydrogen (secondary N) is 2. The highest BCUT2D eigenvalue weighted by atomic mass is 19.4. The summed E-state index contributed by atoms with van der Waals surface area (Å²) >= 11 is 0. The van der Waals surface area contributed by atoms with Crippen molar-refractivity contribution in [2.45, 2.75) is 57.8 Å². The van der Waals surface area contributed by atoms with Crippen molar-refractivity contribution >= 4 is 40.8 Å². The molecule has 17 heteroatoms. The molecule has 14 nitrogen and oxygen atoms in total. The predicted molar refractivity (Wildman–Crippen MR) is 218 cm³/mol. The number of imide groups is 1. The number of piperazine rings is 1. The lowest BCUT2D eigenvalue weighted by atomic mass is 10.0. The number of rotatable bonds is 10. The molecule has 6 heterocycles. The predicted octanol–water partition coefficient (Wildman–Crippen LogP) is 5.22. The number of pyridine rings is 1. The Kier molecular flexibility index (Phi) is 11.9. The molecule has 3 aromatic rings. The van der Waals surface area contributed by atoms with Crippen LogP contribution in [0.4, 0.5) is 35.0 Å². The van der Waals surface area contributed by atoms with Crippen LogP contribution in [-0.2, 0) is 14.3 Å². The maximum absolute atomic E-state index is 13.4. The Balaban J connectivity index is 0.879. The van der Waals surface area contributed by atoms with Crippen LogP contribution in [0.1, 0.15) is 60.1 Å². The highest BCUT2D eigenvalue weighted by Gasteiger charge is 2.43. The van der Waals surface area contributed by atoms with Gasteiger partial charge in [0.25, 0.3) is 5.91 Å². The molecule has 5 amide bonds. The summed E-state index contributed by atoms with van der Waals surface area (Å²) in [7, 11) is 0. The minimum atomic E-state index is -4.25. The molecular formula is C43H51F3N8O6. The minimum absolute atomic E-state index is 0.0726. The zero-order valence-corrected chi connectivity index (χ0v) is 33.9. The van der Waals surface area contributed by atoms with Crippen molar-refractivity contribution in [3.63, 3.8) is 0 Å². The van der Waals surface area contributed by atoms with Gasteiger partial charge in [-0.15, -0.1) is 0 Å². The Morgan fingerprint density at radius 3 is 2.48 bits per heavy atom. The first-order valence-electron chi connectivity index (χ1n) is 20.8. The molecule has 1 aromatic heterocycles. The van der Waals surface area contributed by atoms with Crippen LogP contribution < -0.4 is 25.2 Å². The summed E-state index contributed by atoms with van der Waals surface area (Å²) in [4.78, 5) is 65.5. The Morgan fingerprint density at radius 1 is 0.950 bits per heavy atom. The van der Waals surface area contributed by atoms with Crippen LogP contribution in [-0.4, -0.2) is 134 Å². The fraction of sp³-hybridized carbons (Fsp3) is 0.512. The van der Waals surface area contributed by atoms with Crippen LogP contribution in [0.2, 0.25) is 0 Å². The molecule has 2 unspecified atom stereocenters. The molecule has 5 aliphatic heterocycles. The van der Waals surface area contributed by atoms with Gasteiger partial charge in [0.05, 0.1) is 19.3 Å². The molecule has 2 aromatic carbocycles. The molecule has 2 N–H and O–H groups in total. The molecule has 3 atom stereocenters. The quantitative estimate of drug-likeness (QED) is 0.262. The van der Waals surface area contributed by atoms with Crippen molar-refractivity contribution < 1.29 is 41.8 Å². The van der Waals surface area contributed by atoms with Crippen LogP contribution in [0, 0.1) is 12.8 Å². The highest BCUT2D eigenvalue weighted by Crippen LogP contribution is 2.39. The van der Waals surface area contributed by atoms with E-state index in [1.807, 2.05) is 38.1 Å². The van der Waals surface area contributed by atoms with E-state index >= 15 is 0 Å². The Hall–Kier alpha value is -5.42. The van der Waals surface area contributed by atoms with E-state index in [2.05, 4.69) is 37.5 Å². The first-order valence-corrected chi connectivity index (χ1v) is 20.8. The number of morpholine rings is 1. The molecule has 0 saturated carbocycles. The number of carbonyl (C=O) groups is 4. The summed E-state index contributed by atoms with van der Waals surface area (Å²) in [6.45, 7) is 11.1. The number of piperidine rings is 1. The van der Waals surface area contributed by atoms with Crippen LogP contribution >= 0.6 is 0 Å². The third-order valence-corrected chi connectivity index (χ3v) is 12.4. The maximum Gasteiger partial charge on any atom is 0.389 e.